The highest BCUT2D eigenvalue weighted by Gasteiger charge is 2.18. The first-order chi connectivity index (χ1) is 13.7. The van der Waals surface area contributed by atoms with E-state index in [1.165, 1.54) is 95.2 Å². The lowest BCUT2D eigenvalue weighted by atomic mass is 10.0. The van der Waals surface area contributed by atoms with Crippen molar-refractivity contribution < 1.29 is 9.90 Å². The van der Waals surface area contributed by atoms with E-state index in [2.05, 4.69) is 6.92 Å². The summed E-state index contributed by atoms with van der Waals surface area (Å²) >= 11 is 1.48. The normalized spacial score (nSPS) is 12.2. The molecule has 1 aromatic rings. The number of thioether (sulfide) groups is 1. The number of carboxylic acid groups (broad SMARTS) is 1. The van der Waals surface area contributed by atoms with E-state index in [4.69, 9.17) is 0 Å². The van der Waals surface area contributed by atoms with Crippen LogP contribution in [0.25, 0.3) is 0 Å². The molecule has 0 saturated heterocycles. The maximum atomic E-state index is 11.5. The predicted molar refractivity (Wildman–Crippen MR) is 123 cm³/mol. The molecule has 1 unspecified atom stereocenters. The van der Waals surface area contributed by atoms with Gasteiger partial charge in [-0.25, -0.2) is 0 Å². The van der Waals surface area contributed by atoms with E-state index in [-0.39, 0.29) is 5.25 Å². The molecule has 0 spiro atoms. The minimum atomic E-state index is -0.681. The lowest BCUT2D eigenvalue weighted by Crippen LogP contribution is -2.16. The third-order valence-corrected chi connectivity index (χ3v) is 6.63. The fourth-order valence-electron chi connectivity index (χ4n) is 3.60. The molecule has 1 aromatic carbocycles. The van der Waals surface area contributed by atoms with Crippen molar-refractivity contribution in [3.05, 3.63) is 30.3 Å². The fraction of sp³-hybridized carbons (Fsp3) is 0.720. The Labute approximate surface area is 177 Å². The van der Waals surface area contributed by atoms with E-state index in [9.17, 15) is 9.90 Å². The van der Waals surface area contributed by atoms with Gasteiger partial charge < -0.3 is 5.11 Å². The molecule has 1 N–H and O–H groups in total. The number of benzene rings is 1. The van der Waals surface area contributed by atoms with Gasteiger partial charge in [-0.05, 0) is 18.6 Å². The molecule has 2 nitrogen and oxygen atoms in total. The van der Waals surface area contributed by atoms with Crippen LogP contribution in [-0.2, 0) is 4.79 Å². The Balaban J connectivity index is 1.90. The maximum absolute atomic E-state index is 11.5. The average Bonchev–Trinajstić information content (AvgIpc) is 2.70. The molecule has 0 heterocycles. The molecule has 1 rings (SSSR count). The molecular formula is C25H42O2S. The molecule has 0 aromatic heterocycles. The number of hydrogen-bond acceptors (Lipinski definition) is 2. The quantitative estimate of drug-likeness (QED) is 0.185. The van der Waals surface area contributed by atoms with Gasteiger partial charge in [-0.2, -0.15) is 0 Å². The van der Waals surface area contributed by atoms with Crippen LogP contribution < -0.4 is 0 Å². The van der Waals surface area contributed by atoms with Crippen molar-refractivity contribution in [2.45, 2.75) is 120 Å². The highest BCUT2D eigenvalue weighted by Crippen LogP contribution is 2.27. The second-order valence-corrected chi connectivity index (χ2v) is 9.27. The highest BCUT2D eigenvalue weighted by molar-refractivity contribution is 8.00. The molecule has 0 aliphatic carbocycles. The topological polar surface area (TPSA) is 37.3 Å². The van der Waals surface area contributed by atoms with Crippen molar-refractivity contribution in [3.63, 3.8) is 0 Å². The summed E-state index contributed by atoms with van der Waals surface area (Å²) in [4.78, 5) is 12.5. The van der Waals surface area contributed by atoms with Gasteiger partial charge in [0.05, 0.1) is 0 Å². The zero-order valence-electron chi connectivity index (χ0n) is 18.0. The maximum Gasteiger partial charge on any atom is 0.316 e. The van der Waals surface area contributed by atoms with Crippen LogP contribution in [0.5, 0.6) is 0 Å². The lowest BCUT2D eigenvalue weighted by Gasteiger charge is -2.11. The Bertz CT molecular complexity index is 475. The van der Waals surface area contributed by atoms with Crippen LogP contribution >= 0.6 is 11.8 Å². The molecule has 160 valence electrons. The number of unbranched alkanes of at least 4 members (excludes halogenated alkanes) is 14. The monoisotopic (exact) mass is 406 g/mol. The largest absolute Gasteiger partial charge is 0.480 e. The number of carbonyl (C=O) groups is 1. The standard InChI is InChI=1S/C25H42O2S/c1-2-3-4-5-6-7-8-9-10-11-12-13-14-15-19-22-24(25(26)27)28-23-20-17-16-18-21-23/h16-18,20-21,24H,2-15,19,22H2,1H3,(H,26,27). The summed E-state index contributed by atoms with van der Waals surface area (Å²) in [5.74, 6) is -0.681. The minimum absolute atomic E-state index is 0.315. The van der Waals surface area contributed by atoms with Gasteiger partial charge in [0, 0.05) is 4.90 Å². The summed E-state index contributed by atoms with van der Waals surface area (Å²) in [5, 5.41) is 9.11. The summed E-state index contributed by atoms with van der Waals surface area (Å²) in [6.07, 6.45) is 20.9. The predicted octanol–water partition coefficient (Wildman–Crippen LogP) is 8.49. The van der Waals surface area contributed by atoms with Crippen molar-refractivity contribution in [1.29, 1.82) is 0 Å². The fourth-order valence-corrected chi connectivity index (χ4v) is 4.63. The smallest absolute Gasteiger partial charge is 0.316 e. The average molecular weight is 407 g/mol. The number of hydrogen-bond donors (Lipinski definition) is 1. The SMILES string of the molecule is CCCCCCCCCCCCCCCCCC(Sc1ccccc1)C(=O)O. The molecule has 0 amide bonds. The van der Waals surface area contributed by atoms with Gasteiger partial charge in [-0.15, -0.1) is 11.8 Å². The molecular weight excluding hydrogens is 364 g/mol. The zero-order chi connectivity index (χ0) is 20.3. The first-order valence-corrected chi connectivity index (χ1v) is 12.6. The van der Waals surface area contributed by atoms with Crippen molar-refractivity contribution in [1.82, 2.24) is 0 Å². The van der Waals surface area contributed by atoms with Gasteiger partial charge in [0.15, 0.2) is 0 Å². The van der Waals surface area contributed by atoms with Gasteiger partial charge in [-0.1, -0.05) is 121 Å². The van der Waals surface area contributed by atoms with Gasteiger partial charge in [0.1, 0.15) is 5.25 Å². The molecule has 0 bridgehead atoms. The van der Waals surface area contributed by atoms with Crippen LogP contribution in [0.4, 0.5) is 0 Å². The summed E-state index contributed by atoms with van der Waals surface area (Å²) in [6.45, 7) is 2.28. The molecule has 0 fully saturated rings. The van der Waals surface area contributed by atoms with Crippen LogP contribution in [0, 0.1) is 0 Å². The molecule has 0 aliphatic rings. The van der Waals surface area contributed by atoms with E-state index in [0.29, 0.717) is 0 Å². The summed E-state index contributed by atoms with van der Waals surface area (Å²) < 4.78 is 0. The van der Waals surface area contributed by atoms with Crippen LogP contribution in [0.2, 0.25) is 0 Å². The van der Waals surface area contributed by atoms with E-state index < -0.39 is 5.97 Å². The molecule has 0 radical (unpaired) electrons. The van der Waals surface area contributed by atoms with Crippen molar-refractivity contribution in [2.24, 2.45) is 0 Å². The lowest BCUT2D eigenvalue weighted by molar-refractivity contribution is -0.136. The second-order valence-electron chi connectivity index (χ2n) is 8.00. The summed E-state index contributed by atoms with van der Waals surface area (Å²) in [7, 11) is 0. The molecule has 1 atom stereocenters. The van der Waals surface area contributed by atoms with Gasteiger partial charge in [0.2, 0.25) is 0 Å². The summed E-state index contributed by atoms with van der Waals surface area (Å²) in [6, 6.07) is 9.89. The van der Waals surface area contributed by atoms with E-state index in [1.807, 2.05) is 30.3 Å². The molecule has 0 aliphatic heterocycles. The third kappa shape index (κ3) is 14.1. The highest BCUT2D eigenvalue weighted by atomic mass is 32.2. The van der Waals surface area contributed by atoms with Gasteiger partial charge in [-0.3, -0.25) is 4.79 Å². The Kier molecular flexibility index (Phi) is 16.2. The van der Waals surface area contributed by atoms with E-state index in [1.54, 1.807) is 0 Å². The Morgan fingerprint density at radius 2 is 1.18 bits per heavy atom. The zero-order valence-corrected chi connectivity index (χ0v) is 18.9. The first kappa shape index (κ1) is 25.1. The first-order valence-electron chi connectivity index (χ1n) is 11.7. The molecule has 3 heteroatoms. The Morgan fingerprint density at radius 3 is 1.61 bits per heavy atom. The van der Waals surface area contributed by atoms with E-state index >= 15 is 0 Å². The van der Waals surface area contributed by atoms with Crippen LogP contribution in [0.15, 0.2) is 35.2 Å². The van der Waals surface area contributed by atoms with E-state index in [0.717, 1.165) is 24.2 Å². The number of rotatable bonds is 19. The Hall–Kier alpha value is -0.960. The van der Waals surface area contributed by atoms with Gasteiger partial charge in [0.25, 0.3) is 0 Å². The van der Waals surface area contributed by atoms with Crippen molar-refractivity contribution in [3.8, 4) is 0 Å². The van der Waals surface area contributed by atoms with Crippen molar-refractivity contribution in [2.75, 3.05) is 0 Å². The van der Waals surface area contributed by atoms with Crippen LogP contribution in [-0.4, -0.2) is 16.3 Å². The second kappa shape index (κ2) is 18.1. The summed E-state index contributed by atoms with van der Waals surface area (Å²) in [5.41, 5.74) is 0. The number of aliphatic carboxylic acids is 1. The third-order valence-electron chi connectivity index (χ3n) is 5.37. The van der Waals surface area contributed by atoms with Crippen LogP contribution in [0.3, 0.4) is 0 Å². The Morgan fingerprint density at radius 1 is 0.750 bits per heavy atom. The molecule has 0 saturated carbocycles. The van der Waals surface area contributed by atoms with Crippen LogP contribution in [0.1, 0.15) is 110 Å². The van der Waals surface area contributed by atoms with Gasteiger partial charge >= 0.3 is 5.97 Å². The van der Waals surface area contributed by atoms with Crippen molar-refractivity contribution >= 4 is 17.7 Å². The minimum Gasteiger partial charge on any atom is -0.480 e. The number of carboxylic acids is 1. The molecule has 28 heavy (non-hydrogen) atoms.